The zero-order chi connectivity index (χ0) is 17.2. The summed E-state index contributed by atoms with van der Waals surface area (Å²) in [5, 5.41) is 4.13. The quantitative estimate of drug-likeness (QED) is 0.785. The fourth-order valence-electron chi connectivity index (χ4n) is 3.67. The van der Waals surface area contributed by atoms with Gasteiger partial charge in [0.1, 0.15) is 6.10 Å². The van der Waals surface area contributed by atoms with E-state index in [9.17, 15) is 4.79 Å². The van der Waals surface area contributed by atoms with Crippen LogP contribution < -0.4 is 0 Å². The third-order valence-corrected chi connectivity index (χ3v) is 5.37. The highest BCUT2D eigenvalue weighted by Gasteiger charge is 2.37. The summed E-state index contributed by atoms with van der Waals surface area (Å²) < 4.78 is 16.9. The van der Waals surface area contributed by atoms with Crippen LogP contribution >= 0.6 is 0 Å². The first kappa shape index (κ1) is 17.0. The van der Waals surface area contributed by atoms with Crippen LogP contribution in [0.1, 0.15) is 75.5 Å². The number of carbonyl (C=O) groups excluding carboxylic acids is 1. The number of aromatic nitrogens is 2. The number of hydrogen-bond acceptors (Lipinski definition) is 6. The van der Waals surface area contributed by atoms with Crippen LogP contribution in [0.25, 0.3) is 0 Å². The van der Waals surface area contributed by atoms with Gasteiger partial charge in [-0.25, -0.2) is 0 Å². The second-order valence-electron chi connectivity index (χ2n) is 7.42. The standard InChI is InChI=1S/C18H27N3O4/c1-12(24-11-14-5-2-3-10-23-14)18(22)21-9-4-6-15(21)16-19-17(25-20-16)13-7-8-13/h12-15H,2-11H2,1H3/t12-,14-,15+/m0/s1. The van der Waals surface area contributed by atoms with Gasteiger partial charge in [-0.2, -0.15) is 4.98 Å². The Labute approximate surface area is 148 Å². The maximum atomic E-state index is 12.8. The van der Waals surface area contributed by atoms with Crippen molar-refractivity contribution in [3.05, 3.63) is 11.7 Å². The lowest BCUT2D eigenvalue weighted by molar-refractivity contribution is -0.147. The molecule has 7 nitrogen and oxygen atoms in total. The van der Waals surface area contributed by atoms with Crippen molar-refractivity contribution in [2.24, 2.45) is 0 Å². The van der Waals surface area contributed by atoms with E-state index in [2.05, 4.69) is 10.1 Å². The number of likely N-dealkylation sites (tertiary alicyclic amines) is 1. The number of nitrogens with zero attached hydrogens (tertiary/aromatic N) is 3. The topological polar surface area (TPSA) is 77.7 Å². The Hall–Kier alpha value is -1.47. The highest BCUT2D eigenvalue weighted by molar-refractivity contribution is 5.81. The first-order valence-electron chi connectivity index (χ1n) is 9.59. The molecule has 3 atom stereocenters. The highest BCUT2D eigenvalue weighted by atomic mass is 16.5. The fraction of sp³-hybridized carbons (Fsp3) is 0.833. The fourth-order valence-corrected chi connectivity index (χ4v) is 3.67. The number of carbonyl (C=O) groups is 1. The Morgan fingerprint density at radius 1 is 1.28 bits per heavy atom. The maximum Gasteiger partial charge on any atom is 0.252 e. The van der Waals surface area contributed by atoms with Crippen LogP contribution in [0.15, 0.2) is 4.52 Å². The Bertz CT molecular complexity index is 595. The number of rotatable bonds is 6. The Kier molecular flexibility index (Phi) is 5.03. The molecule has 25 heavy (non-hydrogen) atoms. The molecule has 4 rings (SSSR count). The minimum Gasteiger partial charge on any atom is -0.376 e. The number of hydrogen-bond donors (Lipinski definition) is 0. The van der Waals surface area contributed by atoms with Crippen LogP contribution in [0.3, 0.4) is 0 Å². The van der Waals surface area contributed by atoms with Gasteiger partial charge in [-0.15, -0.1) is 0 Å². The first-order valence-corrected chi connectivity index (χ1v) is 9.59. The molecule has 2 aliphatic heterocycles. The second-order valence-corrected chi connectivity index (χ2v) is 7.42. The molecule has 1 saturated carbocycles. The molecule has 138 valence electrons. The molecule has 0 spiro atoms. The van der Waals surface area contributed by atoms with E-state index in [1.54, 1.807) is 0 Å². The largest absolute Gasteiger partial charge is 0.376 e. The van der Waals surface area contributed by atoms with Gasteiger partial charge in [0, 0.05) is 19.1 Å². The van der Waals surface area contributed by atoms with E-state index in [4.69, 9.17) is 14.0 Å². The molecule has 1 aromatic heterocycles. The molecule has 0 bridgehead atoms. The van der Waals surface area contributed by atoms with E-state index < -0.39 is 6.10 Å². The van der Waals surface area contributed by atoms with Crippen molar-refractivity contribution in [1.82, 2.24) is 15.0 Å². The van der Waals surface area contributed by atoms with E-state index in [1.807, 2.05) is 11.8 Å². The van der Waals surface area contributed by atoms with Gasteiger partial charge in [-0.1, -0.05) is 5.16 Å². The zero-order valence-corrected chi connectivity index (χ0v) is 14.9. The van der Waals surface area contributed by atoms with Gasteiger partial charge in [0.2, 0.25) is 5.89 Å². The van der Waals surface area contributed by atoms with Gasteiger partial charge >= 0.3 is 0 Å². The molecule has 2 saturated heterocycles. The summed E-state index contributed by atoms with van der Waals surface area (Å²) >= 11 is 0. The van der Waals surface area contributed by atoms with Crippen LogP contribution in [-0.4, -0.2) is 52.9 Å². The number of ether oxygens (including phenoxy) is 2. The molecule has 3 aliphatic rings. The normalized spacial score (nSPS) is 28.3. The van der Waals surface area contributed by atoms with Gasteiger partial charge in [-0.3, -0.25) is 4.79 Å². The molecule has 3 fully saturated rings. The SMILES string of the molecule is C[C@H](OC[C@@H]1CCCCO1)C(=O)N1CCC[C@@H]1c1noc(C2CC2)n1. The van der Waals surface area contributed by atoms with Crippen molar-refractivity contribution < 1.29 is 18.8 Å². The summed E-state index contributed by atoms with van der Waals surface area (Å²) in [6.45, 7) is 3.84. The summed E-state index contributed by atoms with van der Waals surface area (Å²) in [6, 6.07) is -0.0827. The Morgan fingerprint density at radius 2 is 2.16 bits per heavy atom. The molecule has 7 heteroatoms. The Morgan fingerprint density at radius 3 is 2.92 bits per heavy atom. The lowest BCUT2D eigenvalue weighted by atomic mass is 10.1. The minimum absolute atomic E-state index is 0.0103. The predicted molar refractivity (Wildman–Crippen MR) is 89.0 cm³/mol. The zero-order valence-electron chi connectivity index (χ0n) is 14.9. The third kappa shape index (κ3) is 3.87. The molecule has 1 aliphatic carbocycles. The smallest absolute Gasteiger partial charge is 0.252 e. The average molecular weight is 349 g/mol. The van der Waals surface area contributed by atoms with Gasteiger partial charge in [-0.05, 0) is 51.9 Å². The monoisotopic (exact) mass is 349 g/mol. The van der Waals surface area contributed by atoms with Gasteiger partial charge in [0.15, 0.2) is 5.82 Å². The summed E-state index contributed by atoms with van der Waals surface area (Å²) in [4.78, 5) is 19.2. The molecule has 1 aromatic rings. The Balaban J connectivity index is 1.34. The van der Waals surface area contributed by atoms with Gasteiger partial charge in [0.05, 0.1) is 18.8 Å². The lowest BCUT2D eigenvalue weighted by Gasteiger charge is -2.27. The second kappa shape index (κ2) is 7.41. The molecular formula is C18H27N3O4. The average Bonchev–Trinajstić information content (AvgIpc) is 3.18. The highest BCUT2D eigenvalue weighted by Crippen LogP contribution is 2.40. The van der Waals surface area contributed by atoms with E-state index >= 15 is 0 Å². The minimum atomic E-state index is -0.471. The number of amides is 1. The molecular weight excluding hydrogens is 322 g/mol. The van der Waals surface area contributed by atoms with Crippen molar-refractivity contribution in [2.45, 2.75) is 76.0 Å². The van der Waals surface area contributed by atoms with Crippen LogP contribution in [0, 0.1) is 0 Å². The van der Waals surface area contributed by atoms with Crippen molar-refractivity contribution in [3.63, 3.8) is 0 Å². The third-order valence-electron chi connectivity index (χ3n) is 5.37. The summed E-state index contributed by atoms with van der Waals surface area (Å²) in [5.41, 5.74) is 0. The van der Waals surface area contributed by atoms with Crippen LogP contribution in [0.4, 0.5) is 0 Å². The molecule has 1 amide bonds. The van der Waals surface area contributed by atoms with Crippen molar-refractivity contribution in [2.75, 3.05) is 19.8 Å². The van der Waals surface area contributed by atoms with Crippen LogP contribution in [-0.2, 0) is 14.3 Å². The molecule has 0 aromatic carbocycles. The van der Waals surface area contributed by atoms with Gasteiger partial charge < -0.3 is 18.9 Å². The van der Waals surface area contributed by atoms with Crippen molar-refractivity contribution in [3.8, 4) is 0 Å². The predicted octanol–water partition coefficient (Wildman–Crippen LogP) is 2.58. The molecule has 0 radical (unpaired) electrons. The van der Waals surface area contributed by atoms with Crippen molar-refractivity contribution >= 4 is 5.91 Å². The van der Waals surface area contributed by atoms with Gasteiger partial charge in [0.25, 0.3) is 5.91 Å². The maximum absolute atomic E-state index is 12.8. The van der Waals surface area contributed by atoms with E-state index in [0.717, 1.165) is 57.6 Å². The summed E-state index contributed by atoms with van der Waals surface area (Å²) in [5.74, 6) is 1.82. The van der Waals surface area contributed by atoms with Crippen molar-refractivity contribution in [1.29, 1.82) is 0 Å². The van der Waals surface area contributed by atoms with Crippen LogP contribution in [0.5, 0.6) is 0 Å². The first-order chi connectivity index (χ1) is 12.2. The molecule has 0 unspecified atom stereocenters. The van der Waals surface area contributed by atoms with E-state index in [1.165, 1.54) is 6.42 Å². The van der Waals surface area contributed by atoms with E-state index in [0.29, 0.717) is 18.3 Å². The summed E-state index contributed by atoms with van der Waals surface area (Å²) in [6.07, 6.45) is 7.06. The molecule has 3 heterocycles. The van der Waals surface area contributed by atoms with Crippen LogP contribution in [0.2, 0.25) is 0 Å². The lowest BCUT2D eigenvalue weighted by Crippen LogP contribution is -2.40. The van der Waals surface area contributed by atoms with E-state index in [-0.39, 0.29) is 18.1 Å². The summed E-state index contributed by atoms with van der Waals surface area (Å²) in [7, 11) is 0. The molecule has 0 N–H and O–H groups in total.